The second kappa shape index (κ2) is 5.16. The minimum atomic E-state index is -1.13. The molecule has 5 nitrogen and oxygen atoms in total. The number of ether oxygens (including phenoxy) is 1. The Hall–Kier alpha value is -2.27. The summed E-state index contributed by atoms with van der Waals surface area (Å²) in [6.45, 7) is 0. The summed E-state index contributed by atoms with van der Waals surface area (Å²) >= 11 is 5.89. The van der Waals surface area contributed by atoms with Crippen LogP contribution in [0, 0.1) is 0 Å². The summed E-state index contributed by atoms with van der Waals surface area (Å²) in [6.07, 6.45) is 1.14. The molecule has 0 saturated carbocycles. The average Bonchev–Trinajstić information content (AvgIpc) is 2.39. The molecule has 1 aromatic heterocycles. The van der Waals surface area contributed by atoms with Gasteiger partial charge in [-0.05, 0) is 24.3 Å². The van der Waals surface area contributed by atoms with Crippen LogP contribution in [-0.2, 0) is 0 Å². The molecule has 19 heavy (non-hydrogen) atoms. The first kappa shape index (κ1) is 13.2. The number of hydrogen-bond acceptors (Lipinski definition) is 3. The van der Waals surface area contributed by atoms with Crippen LogP contribution in [0.5, 0.6) is 5.75 Å². The maximum Gasteiger partial charge on any atom is 0.337 e. The summed E-state index contributed by atoms with van der Waals surface area (Å²) in [7, 11) is 1.46. The Morgan fingerprint density at radius 2 is 2.05 bits per heavy atom. The zero-order chi connectivity index (χ0) is 14.0. The highest BCUT2D eigenvalue weighted by atomic mass is 35.5. The van der Waals surface area contributed by atoms with Crippen LogP contribution in [-0.4, -0.2) is 23.2 Å². The van der Waals surface area contributed by atoms with Gasteiger partial charge in [-0.25, -0.2) is 4.79 Å². The molecule has 0 bridgehead atoms. The number of aromatic amines is 1. The van der Waals surface area contributed by atoms with E-state index in [1.807, 2.05) is 0 Å². The van der Waals surface area contributed by atoms with Crippen molar-refractivity contribution in [2.45, 2.75) is 0 Å². The molecule has 0 unspecified atom stereocenters. The van der Waals surface area contributed by atoms with Gasteiger partial charge in [0.15, 0.2) is 0 Å². The number of H-pyrrole nitrogens is 1. The molecule has 1 heterocycles. The molecule has 1 aromatic carbocycles. The first-order chi connectivity index (χ1) is 9.02. The molecule has 0 fully saturated rings. The fourth-order valence-electron chi connectivity index (χ4n) is 1.70. The van der Waals surface area contributed by atoms with E-state index in [1.165, 1.54) is 13.2 Å². The third-order valence-electron chi connectivity index (χ3n) is 2.60. The Morgan fingerprint density at radius 3 is 2.68 bits per heavy atom. The van der Waals surface area contributed by atoms with Crippen LogP contribution in [0.2, 0.25) is 5.02 Å². The number of methoxy groups -OCH3 is 1. The minimum Gasteiger partial charge on any atom is -0.496 e. The van der Waals surface area contributed by atoms with Gasteiger partial charge in [-0.3, -0.25) is 4.79 Å². The van der Waals surface area contributed by atoms with E-state index in [0.29, 0.717) is 16.3 Å². The molecule has 0 aliphatic rings. The highest BCUT2D eigenvalue weighted by Crippen LogP contribution is 2.30. The summed E-state index contributed by atoms with van der Waals surface area (Å²) in [6, 6.07) is 6.08. The van der Waals surface area contributed by atoms with Gasteiger partial charge < -0.3 is 14.8 Å². The molecule has 0 aliphatic carbocycles. The monoisotopic (exact) mass is 279 g/mol. The molecule has 0 atom stereocenters. The van der Waals surface area contributed by atoms with Gasteiger partial charge in [-0.1, -0.05) is 11.6 Å². The van der Waals surface area contributed by atoms with Gasteiger partial charge in [0.1, 0.15) is 5.75 Å². The van der Waals surface area contributed by atoms with E-state index in [9.17, 15) is 9.59 Å². The predicted molar refractivity (Wildman–Crippen MR) is 71.0 cm³/mol. The van der Waals surface area contributed by atoms with E-state index in [4.69, 9.17) is 21.4 Å². The fourth-order valence-corrected chi connectivity index (χ4v) is 1.87. The number of rotatable bonds is 3. The third kappa shape index (κ3) is 2.61. The van der Waals surface area contributed by atoms with Crippen LogP contribution >= 0.6 is 11.6 Å². The normalized spacial score (nSPS) is 10.2. The van der Waals surface area contributed by atoms with E-state index in [0.717, 1.165) is 6.20 Å². The lowest BCUT2D eigenvalue weighted by Gasteiger charge is -2.08. The lowest BCUT2D eigenvalue weighted by molar-refractivity contribution is 0.0696. The third-order valence-corrected chi connectivity index (χ3v) is 2.84. The number of hydrogen-bond donors (Lipinski definition) is 2. The zero-order valence-corrected chi connectivity index (χ0v) is 10.7. The Morgan fingerprint density at radius 1 is 1.32 bits per heavy atom. The second-order valence-electron chi connectivity index (χ2n) is 3.78. The topological polar surface area (TPSA) is 79.4 Å². The van der Waals surface area contributed by atoms with E-state index in [2.05, 4.69) is 4.98 Å². The van der Waals surface area contributed by atoms with E-state index in [1.54, 1.807) is 18.2 Å². The van der Waals surface area contributed by atoms with Crippen LogP contribution in [0.3, 0.4) is 0 Å². The van der Waals surface area contributed by atoms with Gasteiger partial charge in [-0.2, -0.15) is 0 Å². The standard InChI is InChI=1S/C13H10ClNO4/c1-19-11-3-2-8(14)5-9(11)10-4-7(13(17)18)6-15-12(10)16/h2-6H,1H3,(H,15,16)(H,17,18). The number of carboxylic acids is 1. The van der Waals surface area contributed by atoms with Gasteiger partial charge in [0.2, 0.25) is 0 Å². The summed E-state index contributed by atoms with van der Waals surface area (Å²) in [5.74, 6) is -0.684. The maximum absolute atomic E-state index is 11.8. The maximum atomic E-state index is 11.8. The lowest BCUT2D eigenvalue weighted by atomic mass is 10.0. The zero-order valence-electron chi connectivity index (χ0n) is 9.94. The summed E-state index contributed by atoms with van der Waals surface area (Å²) in [5, 5.41) is 9.38. The molecule has 0 aliphatic heterocycles. The molecular weight excluding hydrogens is 270 g/mol. The molecule has 0 spiro atoms. The van der Waals surface area contributed by atoms with Crippen molar-refractivity contribution in [1.82, 2.24) is 4.98 Å². The van der Waals surface area contributed by atoms with Gasteiger partial charge in [0.05, 0.1) is 18.2 Å². The van der Waals surface area contributed by atoms with Gasteiger partial charge in [-0.15, -0.1) is 0 Å². The van der Waals surface area contributed by atoms with Crippen molar-refractivity contribution in [2.24, 2.45) is 0 Å². The van der Waals surface area contributed by atoms with Crippen molar-refractivity contribution in [3.05, 3.63) is 51.4 Å². The molecule has 6 heteroatoms. The van der Waals surface area contributed by atoms with Crippen molar-refractivity contribution < 1.29 is 14.6 Å². The van der Waals surface area contributed by atoms with Crippen LogP contribution < -0.4 is 10.3 Å². The number of pyridine rings is 1. The van der Waals surface area contributed by atoms with E-state index in [-0.39, 0.29) is 11.1 Å². The Balaban J connectivity index is 2.70. The number of carbonyl (C=O) groups is 1. The van der Waals surface area contributed by atoms with Crippen LogP contribution in [0.1, 0.15) is 10.4 Å². The van der Waals surface area contributed by atoms with Crippen LogP contribution in [0.25, 0.3) is 11.1 Å². The summed E-state index contributed by atoms with van der Waals surface area (Å²) in [5.41, 5.74) is 0.209. The Labute approximate surface area is 113 Å². The Bertz CT molecular complexity index is 693. The molecule has 0 radical (unpaired) electrons. The largest absolute Gasteiger partial charge is 0.496 e. The molecule has 98 valence electrons. The number of aromatic nitrogens is 1. The van der Waals surface area contributed by atoms with Crippen molar-refractivity contribution >= 4 is 17.6 Å². The highest BCUT2D eigenvalue weighted by molar-refractivity contribution is 6.31. The average molecular weight is 280 g/mol. The first-order valence-electron chi connectivity index (χ1n) is 5.33. The SMILES string of the molecule is COc1ccc(Cl)cc1-c1cc(C(=O)O)c[nH]c1=O. The molecule has 0 amide bonds. The number of benzene rings is 1. The van der Waals surface area contributed by atoms with Crippen molar-refractivity contribution in [1.29, 1.82) is 0 Å². The van der Waals surface area contributed by atoms with Gasteiger partial charge >= 0.3 is 5.97 Å². The number of nitrogens with one attached hydrogen (secondary N) is 1. The quantitative estimate of drug-likeness (QED) is 0.904. The minimum absolute atomic E-state index is 0.0170. The van der Waals surface area contributed by atoms with Gasteiger partial charge in [0.25, 0.3) is 5.56 Å². The first-order valence-corrected chi connectivity index (χ1v) is 5.70. The number of carboxylic acid groups (broad SMARTS) is 1. The molecular formula is C13H10ClNO4. The fraction of sp³-hybridized carbons (Fsp3) is 0.0769. The second-order valence-corrected chi connectivity index (χ2v) is 4.22. The molecule has 0 saturated heterocycles. The van der Waals surface area contributed by atoms with Crippen LogP contribution in [0.4, 0.5) is 0 Å². The number of aromatic carboxylic acids is 1. The van der Waals surface area contributed by atoms with Gasteiger partial charge in [0, 0.05) is 16.8 Å². The Kier molecular flexibility index (Phi) is 3.57. The lowest BCUT2D eigenvalue weighted by Crippen LogP contribution is -2.11. The highest BCUT2D eigenvalue weighted by Gasteiger charge is 2.13. The van der Waals surface area contributed by atoms with Crippen molar-refractivity contribution in [3.8, 4) is 16.9 Å². The number of halogens is 1. The predicted octanol–water partition coefficient (Wildman–Crippen LogP) is 2.40. The molecule has 2 aromatic rings. The van der Waals surface area contributed by atoms with E-state index < -0.39 is 11.5 Å². The van der Waals surface area contributed by atoms with Crippen LogP contribution in [0.15, 0.2) is 35.3 Å². The summed E-state index contributed by atoms with van der Waals surface area (Å²) < 4.78 is 5.15. The van der Waals surface area contributed by atoms with E-state index >= 15 is 0 Å². The van der Waals surface area contributed by atoms with Crippen molar-refractivity contribution in [2.75, 3.05) is 7.11 Å². The molecule has 2 N–H and O–H groups in total. The van der Waals surface area contributed by atoms with Crippen molar-refractivity contribution in [3.63, 3.8) is 0 Å². The smallest absolute Gasteiger partial charge is 0.337 e. The summed E-state index contributed by atoms with van der Waals surface area (Å²) in [4.78, 5) is 25.1. The molecule has 2 rings (SSSR count).